The molecule has 1 aromatic carbocycles. The van der Waals surface area contributed by atoms with Crippen molar-refractivity contribution < 1.29 is 19.1 Å². The van der Waals surface area contributed by atoms with E-state index in [1.165, 1.54) is 6.92 Å². The lowest BCUT2D eigenvalue weighted by Crippen LogP contribution is -2.26. The van der Waals surface area contributed by atoms with E-state index in [2.05, 4.69) is 5.32 Å². The van der Waals surface area contributed by atoms with Gasteiger partial charge in [0, 0.05) is 20.1 Å². The third kappa shape index (κ3) is 5.19. The highest BCUT2D eigenvalue weighted by atomic mass is 16.6. The molecule has 1 heterocycles. The Morgan fingerprint density at radius 2 is 2.05 bits per heavy atom. The molecular weight excluding hydrogens is 270 g/mol. The predicted octanol–water partition coefficient (Wildman–Crippen LogP) is 2.05. The molecule has 1 aromatic rings. The summed E-state index contributed by atoms with van der Waals surface area (Å²) in [5.74, 6) is -0.416. The Hall–Kier alpha value is -1.88. The molecule has 21 heavy (non-hydrogen) atoms. The van der Waals surface area contributed by atoms with Crippen LogP contribution in [0.15, 0.2) is 24.3 Å². The first-order valence-corrected chi connectivity index (χ1v) is 7.27. The van der Waals surface area contributed by atoms with Crippen molar-refractivity contribution in [2.45, 2.75) is 38.8 Å². The average Bonchev–Trinajstić information content (AvgIpc) is 2.52. The second-order valence-electron chi connectivity index (χ2n) is 5.19. The molecule has 5 heteroatoms. The molecule has 1 aliphatic heterocycles. The van der Waals surface area contributed by atoms with Crippen LogP contribution in [0.3, 0.4) is 0 Å². The summed E-state index contributed by atoms with van der Waals surface area (Å²) in [7, 11) is 0. The van der Waals surface area contributed by atoms with Crippen molar-refractivity contribution >= 4 is 11.9 Å². The van der Waals surface area contributed by atoms with E-state index in [1.807, 2.05) is 12.1 Å². The van der Waals surface area contributed by atoms with E-state index < -0.39 is 0 Å². The second kappa shape index (κ2) is 7.78. The molecule has 1 saturated heterocycles. The molecular formula is C16H21NO4. The Kier molecular flexibility index (Phi) is 5.75. The van der Waals surface area contributed by atoms with Crippen LogP contribution in [0, 0.1) is 0 Å². The zero-order valence-electron chi connectivity index (χ0n) is 12.3. The van der Waals surface area contributed by atoms with E-state index >= 15 is 0 Å². The lowest BCUT2D eigenvalue weighted by molar-refractivity contribution is -0.119. The highest BCUT2D eigenvalue weighted by Gasteiger charge is 2.16. The van der Waals surface area contributed by atoms with Gasteiger partial charge in [-0.1, -0.05) is 12.1 Å². The molecule has 1 amide bonds. The maximum atomic E-state index is 11.9. The smallest absolute Gasteiger partial charge is 0.338 e. The van der Waals surface area contributed by atoms with Gasteiger partial charge in [-0.3, -0.25) is 4.79 Å². The van der Waals surface area contributed by atoms with Gasteiger partial charge in [0.15, 0.2) is 0 Å². The first-order chi connectivity index (χ1) is 10.1. The minimum Gasteiger partial charge on any atom is -0.459 e. The zero-order chi connectivity index (χ0) is 15.1. The number of carbonyl (C=O) groups excluding carboxylic acids is 2. The third-order valence-corrected chi connectivity index (χ3v) is 3.41. The first-order valence-electron chi connectivity index (χ1n) is 7.27. The van der Waals surface area contributed by atoms with Crippen LogP contribution < -0.4 is 5.32 Å². The Morgan fingerprint density at radius 3 is 2.67 bits per heavy atom. The number of benzene rings is 1. The monoisotopic (exact) mass is 291 g/mol. The molecule has 0 bridgehead atoms. The van der Waals surface area contributed by atoms with Gasteiger partial charge in [-0.05, 0) is 37.0 Å². The Bertz CT molecular complexity index is 478. The summed E-state index contributed by atoms with van der Waals surface area (Å²) < 4.78 is 10.8. The number of hydrogen-bond donors (Lipinski definition) is 1. The van der Waals surface area contributed by atoms with Crippen molar-refractivity contribution in [3.8, 4) is 0 Å². The molecule has 0 aromatic heterocycles. The normalized spacial score (nSPS) is 18.0. The minimum absolute atomic E-state index is 0.0294. The van der Waals surface area contributed by atoms with Gasteiger partial charge in [0.25, 0.3) is 0 Å². The Labute approximate surface area is 124 Å². The van der Waals surface area contributed by atoms with Crippen LogP contribution in [0.4, 0.5) is 0 Å². The number of hydrogen-bond acceptors (Lipinski definition) is 4. The summed E-state index contributed by atoms with van der Waals surface area (Å²) in [5.41, 5.74) is 1.45. The van der Waals surface area contributed by atoms with Crippen molar-refractivity contribution in [1.29, 1.82) is 0 Å². The van der Waals surface area contributed by atoms with Gasteiger partial charge in [0.2, 0.25) is 5.91 Å². The van der Waals surface area contributed by atoms with Crippen molar-refractivity contribution in [2.75, 3.05) is 13.2 Å². The van der Waals surface area contributed by atoms with E-state index in [4.69, 9.17) is 9.47 Å². The van der Waals surface area contributed by atoms with Gasteiger partial charge in [0.05, 0.1) is 11.7 Å². The zero-order valence-corrected chi connectivity index (χ0v) is 12.3. The van der Waals surface area contributed by atoms with Gasteiger partial charge < -0.3 is 14.8 Å². The van der Waals surface area contributed by atoms with E-state index in [0.29, 0.717) is 18.7 Å². The van der Waals surface area contributed by atoms with E-state index in [0.717, 1.165) is 31.4 Å². The number of rotatable bonds is 5. The van der Waals surface area contributed by atoms with Crippen molar-refractivity contribution in [3.63, 3.8) is 0 Å². The molecule has 0 saturated carbocycles. The molecule has 1 unspecified atom stereocenters. The number of amides is 1. The fourth-order valence-corrected chi connectivity index (χ4v) is 2.18. The van der Waals surface area contributed by atoms with E-state index in [9.17, 15) is 9.59 Å². The molecule has 5 nitrogen and oxygen atoms in total. The van der Waals surface area contributed by atoms with Crippen LogP contribution in [0.5, 0.6) is 0 Å². The maximum Gasteiger partial charge on any atom is 0.338 e. The third-order valence-electron chi connectivity index (χ3n) is 3.41. The van der Waals surface area contributed by atoms with Crippen molar-refractivity contribution in [3.05, 3.63) is 35.4 Å². The second-order valence-corrected chi connectivity index (χ2v) is 5.19. The first kappa shape index (κ1) is 15.5. The van der Waals surface area contributed by atoms with E-state index in [-0.39, 0.29) is 18.0 Å². The number of ether oxygens (including phenoxy) is 2. The quantitative estimate of drug-likeness (QED) is 0.843. The molecule has 0 spiro atoms. The SMILES string of the molecule is CC(=O)NCc1ccc(C(=O)OCC2CCCCO2)cc1. The molecule has 1 aliphatic rings. The summed E-state index contributed by atoms with van der Waals surface area (Å²) in [6.45, 7) is 2.99. The van der Waals surface area contributed by atoms with E-state index in [1.54, 1.807) is 12.1 Å². The summed E-state index contributed by atoms with van der Waals surface area (Å²) in [6.07, 6.45) is 3.19. The Morgan fingerprint density at radius 1 is 1.29 bits per heavy atom. The summed E-state index contributed by atoms with van der Waals surface area (Å²) in [6, 6.07) is 7.04. The van der Waals surface area contributed by atoms with Gasteiger partial charge in [-0.2, -0.15) is 0 Å². The van der Waals surface area contributed by atoms with Crippen LogP contribution in [0.1, 0.15) is 42.1 Å². The molecule has 0 radical (unpaired) electrons. The van der Waals surface area contributed by atoms with Crippen molar-refractivity contribution in [2.24, 2.45) is 0 Å². The van der Waals surface area contributed by atoms with Crippen LogP contribution in [0.2, 0.25) is 0 Å². The van der Waals surface area contributed by atoms with Gasteiger partial charge in [-0.15, -0.1) is 0 Å². The van der Waals surface area contributed by atoms with Gasteiger partial charge in [-0.25, -0.2) is 4.79 Å². The fourth-order valence-electron chi connectivity index (χ4n) is 2.18. The summed E-state index contributed by atoms with van der Waals surface area (Å²) in [5, 5.41) is 2.71. The topological polar surface area (TPSA) is 64.6 Å². The van der Waals surface area contributed by atoms with Crippen LogP contribution in [-0.4, -0.2) is 31.2 Å². The molecule has 1 N–H and O–H groups in total. The molecule has 2 rings (SSSR count). The predicted molar refractivity (Wildman–Crippen MR) is 77.8 cm³/mol. The molecule has 0 aliphatic carbocycles. The van der Waals surface area contributed by atoms with Gasteiger partial charge >= 0.3 is 5.97 Å². The highest BCUT2D eigenvalue weighted by molar-refractivity contribution is 5.89. The summed E-state index contributed by atoms with van der Waals surface area (Å²) in [4.78, 5) is 22.7. The standard InChI is InChI=1S/C16H21NO4/c1-12(18)17-10-13-5-7-14(8-6-13)16(19)21-11-15-4-2-3-9-20-15/h5-8,15H,2-4,9-11H2,1H3,(H,17,18). The molecule has 1 atom stereocenters. The lowest BCUT2D eigenvalue weighted by atomic mass is 10.1. The van der Waals surface area contributed by atoms with Crippen LogP contribution in [0.25, 0.3) is 0 Å². The molecule has 114 valence electrons. The Balaban J connectivity index is 1.80. The van der Waals surface area contributed by atoms with Crippen molar-refractivity contribution in [1.82, 2.24) is 5.32 Å². The highest BCUT2D eigenvalue weighted by Crippen LogP contribution is 2.14. The maximum absolute atomic E-state index is 11.9. The lowest BCUT2D eigenvalue weighted by Gasteiger charge is -2.22. The fraction of sp³-hybridized carbons (Fsp3) is 0.500. The minimum atomic E-state index is -0.338. The average molecular weight is 291 g/mol. The number of esters is 1. The number of nitrogens with one attached hydrogen (secondary N) is 1. The summed E-state index contributed by atoms with van der Waals surface area (Å²) >= 11 is 0. The van der Waals surface area contributed by atoms with Gasteiger partial charge in [0.1, 0.15) is 6.61 Å². The molecule has 1 fully saturated rings. The van der Waals surface area contributed by atoms with Crippen LogP contribution >= 0.6 is 0 Å². The van der Waals surface area contributed by atoms with Crippen LogP contribution in [-0.2, 0) is 20.8 Å². The number of carbonyl (C=O) groups is 2. The largest absolute Gasteiger partial charge is 0.459 e.